The van der Waals surface area contributed by atoms with Gasteiger partial charge in [0.05, 0.1) is 17.3 Å². The molecule has 1 aromatic heterocycles. The molecule has 0 saturated carbocycles. The molecule has 1 atom stereocenters. The van der Waals surface area contributed by atoms with Crippen LogP contribution in [-0.2, 0) is 6.42 Å². The van der Waals surface area contributed by atoms with Gasteiger partial charge in [-0.05, 0) is 24.1 Å². The average Bonchev–Trinajstić information content (AvgIpc) is 2.41. The predicted molar refractivity (Wildman–Crippen MR) is 69.4 cm³/mol. The quantitative estimate of drug-likeness (QED) is 0.670. The first-order chi connectivity index (χ1) is 9.13. The van der Waals surface area contributed by atoms with Crippen LogP contribution in [0.3, 0.4) is 0 Å². The summed E-state index contributed by atoms with van der Waals surface area (Å²) in [6.07, 6.45) is 2.84. The van der Waals surface area contributed by atoms with E-state index < -0.39 is 17.7 Å². The van der Waals surface area contributed by atoms with Crippen molar-refractivity contribution in [2.24, 2.45) is 5.84 Å². The lowest BCUT2D eigenvalue weighted by molar-refractivity contribution is 0.506. The van der Waals surface area contributed by atoms with Crippen LogP contribution in [-0.4, -0.2) is 4.98 Å². The number of hydrogen-bond acceptors (Lipinski definition) is 3. The van der Waals surface area contributed by atoms with Crippen molar-refractivity contribution in [3.63, 3.8) is 0 Å². The molecule has 6 heteroatoms. The van der Waals surface area contributed by atoms with Crippen molar-refractivity contribution in [1.82, 2.24) is 10.4 Å². The minimum Gasteiger partial charge on any atom is -0.271 e. The van der Waals surface area contributed by atoms with E-state index in [-0.39, 0.29) is 11.4 Å². The SMILES string of the molecule is NNC(Cc1cccc(F)c1Cl)c1ccncc1F. The molecule has 1 heterocycles. The molecule has 0 amide bonds. The van der Waals surface area contributed by atoms with Crippen molar-refractivity contribution in [3.8, 4) is 0 Å². The van der Waals surface area contributed by atoms with Crippen LogP contribution in [0, 0.1) is 11.6 Å². The standard InChI is InChI=1S/C13H12ClF2N3/c14-13-8(2-1-3-10(13)15)6-12(19-17)9-4-5-18-7-11(9)16/h1-5,7,12,19H,6,17H2. The van der Waals surface area contributed by atoms with Crippen LogP contribution in [0.25, 0.3) is 0 Å². The third kappa shape index (κ3) is 3.07. The number of pyridine rings is 1. The molecule has 0 aliphatic carbocycles. The Balaban J connectivity index is 2.30. The number of halogens is 3. The Morgan fingerprint density at radius 3 is 2.74 bits per heavy atom. The lowest BCUT2D eigenvalue weighted by Crippen LogP contribution is -2.30. The largest absolute Gasteiger partial charge is 0.271 e. The van der Waals surface area contributed by atoms with Gasteiger partial charge in [-0.2, -0.15) is 0 Å². The van der Waals surface area contributed by atoms with E-state index in [2.05, 4.69) is 10.4 Å². The molecule has 0 radical (unpaired) electrons. The van der Waals surface area contributed by atoms with Gasteiger partial charge >= 0.3 is 0 Å². The minimum atomic E-state index is -0.512. The Kier molecular flexibility index (Phi) is 4.42. The molecule has 0 aliphatic heterocycles. The van der Waals surface area contributed by atoms with Gasteiger partial charge in [-0.15, -0.1) is 0 Å². The Morgan fingerprint density at radius 2 is 2.05 bits per heavy atom. The number of nitrogens with one attached hydrogen (secondary N) is 1. The molecule has 3 N–H and O–H groups in total. The number of nitrogens with zero attached hydrogens (tertiary/aromatic N) is 1. The summed E-state index contributed by atoms with van der Waals surface area (Å²) in [6, 6.07) is 5.50. The maximum Gasteiger partial charge on any atom is 0.146 e. The second-order valence-electron chi connectivity index (χ2n) is 4.03. The Morgan fingerprint density at radius 1 is 1.26 bits per heavy atom. The fourth-order valence-corrected chi connectivity index (χ4v) is 2.06. The maximum absolute atomic E-state index is 13.6. The fourth-order valence-electron chi connectivity index (χ4n) is 1.85. The molecule has 3 nitrogen and oxygen atoms in total. The molecule has 0 fully saturated rings. The van der Waals surface area contributed by atoms with Crippen LogP contribution in [0.4, 0.5) is 8.78 Å². The lowest BCUT2D eigenvalue weighted by Gasteiger charge is -2.17. The van der Waals surface area contributed by atoms with Gasteiger partial charge in [0.15, 0.2) is 0 Å². The second kappa shape index (κ2) is 6.06. The van der Waals surface area contributed by atoms with Crippen molar-refractivity contribution >= 4 is 11.6 Å². The van der Waals surface area contributed by atoms with Crippen LogP contribution in [0.2, 0.25) is 5.02 Å². The first-order valence-electron chi connectivity index (χ1n) is 5.62. The van der Waals surface area contributed by atoms with E-state index in [1.54, 1.807) is 12.1 Å². The molecule has 0 aliphatic rings. The van der Waals surface area contributed by atoms with Gasteiger partial charge in [0, 0.05) is 11.8 Å². The van der Waals surface area contributed by atoms with Crippen LogP contribution in [0.1, 0.15) is 17.2 Å². The Labute approximate surface area is 114 Å². The summed E-state index contributed by atoms with van der Waals surface area (Å²) >= 11 is 5.87. The number of hydrazine groups is 1. The number of hydrogen-bond donors (Lipinski definition) is 2. The highest BCUT2D eigenvalue weighted by atomic mass is 35.5. The molecule has 0 bridgehead atoms. The van der Waals surface area contributed by atoms with Crippen molar-refractivity contribution < 1.29 is 8.78 Å². The third-order valence-corrected chi connectivity index (χ3v) is 3.26. The number of rotatable bonds is 4. The third-order valence-electron chi connectivity index (χ3n) is 2.84. The Bertz CT molecular complexity index is 578. The molecule has 19 heavy (non-hydrogen) atoms. The van der Waals surface area contributed by atoms with Gasteiger partial charge in [0.1, 0.15) is 11.6 Å². The first-order valence-corrected chi connectivity index (χ1v) is 5.99. The van der Waals surface area contributed by atoms with Gasteiger partial charge in [-0.1, -0.05) is 23.7 Å². The molecule has 0 spiro atoms. The van der Waals surface area contributed by atoms with Gasteiger partial charge in [0.25, 0.3) is 0 Å². The van der Waals surface area contributed by atoms with Gasteiger partial charge < -0.3 is 0 Å². The highest BCUT2D eigenvalue weighted by Crippen LogP contribution is 2.26. The second-order valence-corrected chi connectivity index (χ2v) is 4.41. The monoisotopic (exact) mass is 283 g/mol. The van der Waals surface area contributed by atoms with E-state index in [1.807, 2.05) is 0 Å². The van der Waals surface area contributed by atoms with Crippen molar-refractivity contribution in [3.05, 3.63) is 64.4 Å². The zero-order valence-corrected chi connectivity index (χ0v) is 10.7. The zero-order chi connectivity index (χ0) is 13.8. The predicted octanol–water partition coefficient (Wildman–Crippen LogP) is 2.76. The molecule has 100 valence electrons. The average molecular weight is 284 g/mol. The van der Waals surface area contributed by atoms with E-state index in [0.29, 0.717) is 11.1 Å². The van der Waals surface area contributed by atoms with E-state index in [1.165, 1.54) is 18.3 Å². The van der Waals surface area contributed by atoms with E-state index in [0.717, 1.165) is 6.20 Å². The Hall–Kier alpha value is -1.56. The van der Waals surface area contributed by atoms with Crippen LogP contribution in [0.15, 0.2) is 36.7 Å². The smallest absolute Gasteiger partial charge is 0.146 e. The number of aromatic nitrogens is 1. The highest BCUT2D eigenvalue weighted by molar-refractivity contribution is 6.31. The first kappa shape index (κ1) is 13.9. The summed E-state index contributed by atoms with van der Waals surface area (Å²) < 4.78 is 27.0. The summed E-state index contributed by atoms with van der Waals surface area (Å²) in [5.74, 6) is 4.45. The summed E-state index contributed by atoms with van der Waals surface area (Å²) in [6.45, 7) is 0. The van der Waals surface area contributed by atoms with Gasteiger partial charge in [-0.25, -0.2) is 8.78 Å². The van der Waals surface area contributed by atoms with Crippen LogP contribution < -0.4 is 11.3 Å². The summed E-state index contributed by atoms with van der Waals surface area (Å²) in [5.41, 5.74) is 3.42. The maximum atomic E-state index is 13.6. The number of benzene rings is 1. The number of nitrogens with two attached hydrogens (primary N) is 1. The molecule has 2 rings (SSSR count). The zero-order valence-electron chi connectivity index (χ0n) is 9.91. The van der Waals surface area contributed by atoms with Gasteiger partial charge in [0.2, 0.25) is 0 Å². The fraction of sp³-hybridized carbons (Fsp3) is 0.154. The van der Waals surface area contributed by atoms with Crippen molar-refractivity contribution in [2.75, 3.05) is 0 Å². The summed E-state index contributed by atoms with van der Waals surface area (Å²) in [4.78, 5) is 3.67. The van der Waals surface area contributed by atoms with Crippen molar-refractivity contribution in [1.29, 1.82) is 0 Å². The van der Waals surface area contributed by atoms with Crippen LogP contribution >= 0.6 is 11.6 Å². The summed E-state index contributed by atoms with van der Waals surface area (Å²) in [5, 5.41) is 0.0252. The summed E-state index contributed by atoms with van der Waals surface area (Å²) in [7, 11) is 0. The normalized spacial score (nSPS) is 12.4. The minimum absolute atomic E-state index is 0.0252. The molecule has 1 aromatic carbocycles. The highest BCUT2D eigenvalue weighted by Gasteiger charge is 2.17. The topological polar surface area (TPSA) is 50.9 Å². The molecular formula is C13H12ClF2N3. The van der Waals surface area contributed by atoms with E-state index in [4.69, 9.17) is 17.4 Å². The molecule has 0 saturated heterocycles. The van der Waals surface area contributed by atoms with Gasteiger partial charge in [-0.3, -0.25) is 16.3 Å². The molecular weight excluding hydrogens is 272 g/mol. The van der Waals surface area contributed by atoms with Crippen molar-refractivity contribution in [2.45, 2.75) is 12.5 Å². The molecule has 2 aromatic rings. The lowest BCUT2D eigenvalue weighted by atomic mass is 10.00. The van der Waals surface area contributed by atoms with E-state index >= 15 is 0 Å². The van der Waals surface area contributed by atoms with Crippen LogP contribution in [0.5, 0.6) is 0 Å². The molecule has 1 unspecified atom stereocenters. The van der Waals surface area contributed by atoms with E-state index in [9.17, 15) is 8.78 Å².